The molecule has 2 heterocycles. The number of rotatable bonds is 2. The summed E-state index contributed by atoms with van der Waals surface area (Å²) < 4.78 is 6.97. The van der Waals surface area contributed by atoms with Crippen LogP contribution in [0.3, 0.4) is 0 Å². The minimum absolute atomic E-state index is 0.195. The fourth-order valence-corrected chi connectivity index (χ4v) is 1.76. The average molecular weight is 246 g/mol. The quantitative estimate of drug-likeness (QED) is 0.696. The van der Waals surface area contributed by atoms with Gasteiger partial charge in [-0.15, -0.1) is 5.10 Å². The van der Waals surface area contributed by atoms with Crippen molar-refractivity contribution in [2.24, 2.45) is 0 Å². The van der Waals surface area contributed by atoms with E-state index in [9.17, 15) is 0 Å². The molecule has 5 heteroatoms. The average Bonchev–Trinajstić information content (AvgIpc) is 2.98. The van der Waals surface area contributed by atoms with Gasteiger partial charge in [-0.05, 0) is 35.9 Å². The van der Waals surface area contributed by atoms with Crippen LogP contribution in [-0.2, 0) is 0 Å². The zero-order valence-electron chi connectivity index (χ0n) is 8.75. The first-order valence-electron chi connectivity index (χ1n) is 5.06. The molecule has 0 amide bonds. The van der Waals surface area contributed by atoms with Gasteiger partial charge in [0.15, 0.2) is 11.6 Å². The van der Waals surface area contributed by atoms with E-state index in [0.717, 1.165) is 5.69 Å². The number of halogens is 1. The molecule has 0 fully saturated rings. The second kappa shape index (κ2) is 4.07. The molecule has 1 aromatic carbocycles. The van der Waals surface area contributed by atoms with Crippen molar-refractivity contribution in [2.45, 2.75) is 0 Å². The maximum Gasteiger partial charge on any atom is 0.243 e. The van der Waals surface area contributed by atoms with Crippen LogP contribution in [-0.4, -0.2) is 14.8 Å². The van der Waals surface area contributed by atoms with E-state index < -0.39 is 0 Å². The normalized spacial score (nSPS) is 10.6. The molecular weight excluding hydrogens is 238 g/mol. The fraction of sp³-hybridized carbons (Fsp3) is 0. The Morgan fingerprint density at radius 3 is 2.59 bits per heavy atom. The Labute approximate surface area is 102 Å². The largest absolute Gasteiger partial charge is 0.461 e. The molecule has 3 aromatic rings. The zero-order chi connectivity index (χ0) is 11.7. The van der Waals surface area contributed by atoms with E-state index in [4.69, 9.17) is 16.0 Å². The number of benzene rings is 1. The summed E-state index contributed by atoms with van der Waals surface area (Å²) in [6.07, 6.45) is 1.59. The van der Waals surface area contributed by atoms with Crippen molar-refractivity contribution in [3.05, 3.63) is 54.0 Å². The summed E-state index contributed by atoms with van der Waals surface area (Å²) in [5, 5.41) is 4.34. The number of hydrogen-bond donors (Lipinski definition) is 0. The van der Waals surface area contributed by atoms with Crippen LogP contribution in [0, 0.1) is 0 Å². The second-order valence-electron chi connectivity index (χ2n) is 3.43. The molecule has 0 atom stereocenters. The summed E-state index contributed by atoms with van der Waals surface area (Å²) >= 11 is 5.85. The summed E-state index contributed by atoms with van der Waals surface area (Å²) in [4.78, 5) is 4.15. The minimum atomic E-state index is 0.195. The lowest BCUT2D eigenvalue weighted by Crippen LogP contribution is -1.98. The van der Waals surface area contributed by atoms with Crippen molar-refractivity contribution in [1.82, 2.24) is 14.8 Å². The number of para-hydroxylation sites is 1. The summed E-state index contributed by atoms with van der Waals surface area (Å²) in [5.74, 6) is 1.22. The van der Waals surface area contributed by atoms with E-state index in [1.165, 1.54) is 0 Å². The van der Waals surface area contributed by atoms with E-state index in [1.807, 2.05) is 36.4 Å². The van der Waals surface area contributed by atoms with Crippen molar-refractivity contribution in [1.29, 1.82) is 0 Å². The number of aromatic nitrogens is 3. The summed E-state index contributed by atoms with van der Waals surface area (Å²) in [5.41, 5.74) is 0.887. The van der Waals surface area contributed by atoms with Crippen molar-refractivity contribution < 1.29 is 4.42 Å². The predicted octanol–water partition coefficient (Wildman–Crippen LogP) is 3.18. The highest BCUT2D eigenvalue weighted by Gasteiger charge is 2.14. The van der Waals surface area contributed by atoms with Crippen molar-refractivity contribution in [3.63, 3.8) is 0 Å². The molecule has 0 saturated heterocycles. The molecule has 0 unspecified atom stereocenters. The molecule has 3 rings (SSSR count). The summed E-state index contributed by atoms with van der Waals surface area (Å²) in [6, 6.07) is 13.3. The fourth-order valence-electron chi connectivity index (χ4n) is 1.60. The Morgan fingerprint density at radius 1 is 1.06 bits per heavy atom. The molecule has 17 heavy (non-hydrogen) atoms. The third kappa shape index (κ3) is 1.83. The van der Waals surface area contributed by atoms with Crippen LogP contribution in [0.2, 0.25) is 5.28 Å². The maximum absolute atomic E-state index is 5.85. The molecule has 84 valence electrons. The van der Waals surface area contributed by atoms with Gasteiger partial charge in [-0.25, -0.2) is 4.68 Å². The standard InChI is InChI=1S/C12H8ClN3O/c13-12-14-11(10-7-4-8-17-10)16(15-12)9-5-2-1-3-6-9/h1-8H. The number of hydrogen-bond acceptors (Lipinski definition) is 3. The van der Waals surface area contributed by atoms with Gasteiger partial charge in [-0.2, -0.15) is 4.98 Å². The summed E-state index contributed by atoms with van der Waals surface area (Å²) in [6.45, 7) is 0. The van der Waals surface area contributed by atoms with Crippen LogP contribution in [0.15, 0.2) is 53.1 Å². The lowest BCUT2D eigenvalue weighted by molar-refractivity contribution is 0.574. The van der Waals surface area contributed by atoms with Crippen LogP contribution < -0.4 is 0 Å². The topological polar surface area (TPSA) is 43.9 Å². The monoisotopic (exact) mass is 245 g/mol. The Kier molecular flexibility index (Phi) is 2.42. The Morgan fingerprint density at radius 2 is 1.88 bits per heavy atom. The first-order valence-corrected chi connectivity index (χ1v) is 5.44. The van der Waals surface area contributed by atoms with Crippen LogP contribution in [0.4, 0.5) is 0 Å². The third-order valence-electron chi connectivity index (χ3n) is 2.32. The molecule has 2 aromatic heterocycles. The number of nitrogens with zero attached hydrogens (tertiary/aromatic N) is 3. The van der Waals surface area contributed by atoms with Gasteiger partial charge in [0.05, 0.1) is 12.0 Å². The van der Waals surface area contributed by atoms with Crippen molar-refractivity contribution in [3.8, 4) is 17.3 Å². The molecular formula is C12H8ClN3O. The molecule has 0 saturated carbocycles. The van der Waals surface area contributed by atoms with Crippen LogP contribution in [0.25, 0.3) is 17.3 Å². The van der Waals surface area contributed by atoms with Crippen molar-refractivity contribution >= 4 is 11.6 Å². The van der Waals surface area contributed by atoms with Crippen molar-refractivity contribution in [2.75, 3.05) is 0 Å². The van der Waals surface area contributed by atoms with Gasteiger partial charge < -0.3 is 4.42 Å². The Hall–Kier alpha value is -2.07. The second-order valence-corrected chi connectivity index (χ2v) is 3.77. The highest BCUT2D eigenvalue weighted by atomic mass is 35.5. The van der Waals surface area contributed by atoms with Gasteiger partial charge >= 0.3 is 0 Å². The van der Waals surface area contributed by atoms with Gasteiger partial charge in [-0.1, -0.05) is 18.2 Å². The predicted molar refractivity (Wildman–Crippen MR) is 64.1 cm³/mol. The highest BCUT2D eigenvalue weighted by Crippen LogP contribution is 2.22. The number of furan rings is 1. The van der Waals surface area contributed by atoms with Gasteiger partial charge in [0.2, 0.25) is 5.28 Å². The highest BCUT2D eigenvalue weighted by molar-refractivity contribution is 6.28. The van der Waals surface area contributed by atoms with Crippen LogP contribution in [0.5, 0.6) is 0 Å². The molecule has 0 aliphatic rings. The lowest BCUT2D eigenvalue weighted by atomic mass is 10.3. The van der Waals surface area contributed by atoms with E-state index >= 15 is 0 Å². The Bertz CT molecular complexity index is 617. The van der Waals surface area contributed by atoms with Gasteiger partial charge in [0.1, 0.15) is 0 Å². The summed E-state index contributed by atoms with van der Waals surface area (Å²) in [7, 11) is 0. The first-order chi connectivity index (χ1) is 8.34. The molecule has 0 bridgehead atoms. The molecule has 0 radical (unpaired) electrons. The maximum atomic E-state index is 5.85. The third-order valence-corrected chi connectivity index (χ3v) is 2.48. The first kappa shape index (κ1) is 10.1. The zero-order valence-corrected chi connectivity index (χ0v) is 9.50. The van der Waals surface area contributed by atoms with E-state index in [2.05, 4.69) is 10.1 Å². The van der Waals surface area contributed by atoms with Gasteiger partial charge in [-0.3, -0.25) is 0 Å². The van der Waals surface area contributed by atoms with E-state index in [-0.39, 0.29) is 5.28 Å². The van der Waals surface area contributed by atoms with Crippen LogP contribution in [0.1, 0.15) is 0 Å². The SMILES string of the molecule is Clc1nc(-c2ccco2)n(-c2ccccc2)n1. The molecule has 0 spiro atoms. The van der Waals surface area contributed by atoms with Crippen LogP contribution >= 0.6 is 11.6 Å². The van der Waals surface area contributed by atoms with Gasteiger partial charge in [0.25, 0.3) is 0 Å². The smallest absolute Gasteiger partial charge is 0.243 e. The minimum Gasteiger partial charge on any atom is -0.461 e. The van der Waals surface area contributed by atoms with E-state index in [0.29, 0.717) is 11.6 Å². The molecule has 4 nitrogen and oxygen atoms in total. The van der Waals surface area contributed by atoms with E-state index in [1.54, 1.807) is 17.0 Å². The molecule has 0 N–H and O–H groups in total. The lowest BCUT2D eigenvalue weighted by Gasteiger charge is -2.02. The molecule has 0 aliphatic carbocycles. The Balaban J connectivity index is 2.18. The van der Waals surface area contributed by atoms with Gasteiger partial charge in [0, 0.05) is 0 Å². The molecule has 0 aliphatic heterocycles.